The standard InChI is InChI=1S/C17H25N5/c1-13-4-6-16(7-5-13)22-10-8-15(9-11-22)20-14(2)17-18-12-19-21(17)3/h4-7,12,14-15,20H,8-11H2,1-3H3. The van der Waals surface area contributed by atoms with Gasteiger partial charge in [0.15, 0.2) is 0 Å². The zero-order chi connectivity index (χ0) is 15.5. The van der Waals surface area contributed by atoms with E-state index in [1.807, 2.05) is 11.7 Å². The first-order valence-corrected chi connectivity index (χ1v) is 8.05. The van der Waals surface area contributed by atoms with Crippen LogP contribution in [0.1, 0.15) is 37.2 Å². The van der Waals surface area contributed by atoms with Gasteiger partial charge in [0.2, 0.25) is 0 Å². The smallest absolute Gasteiger partial charge is 0.143 e. The molecule has 1 fully saturated rings. The lowest BCUT2D eigenvalue weighted by molar-refractivity contribution is 0.368. The topological polar surface area (TPSA) is 46.0 Å². The minimum Gasteiger partial charge on any atom is -0.371 e. The maximum Gasteiger partial charge on any atom is 0.143 e. The number of nitrogens with one attached hydrogen (secondary N) is 1. The quantitative estimate of drug-likeness (QED) is 0.942. The number of rotatable bonds is 4. The van der Waals surface area contributed by atoms with Gasteiger partial charge in [0.25, 0.3) is 0 Å². The third kappa shape index (κ3) is 3.30. The van der Waals surface area contributed by atoms with Gasteiger partial charge in [-0.3, -0.25) is 4.68 Å². The number of piperidine rings is 1. The van der Waals surface area contributed by atoms with E-state index in [1.54, 1.807) is 6.33 Å². The molecule has 0 saturated carbocycles. The molecule has 2 aromatic rings. The lowest BCUT2D eigenvalue weighted by atomic mass is 10.0. The number of aromatic nitrogens is 3. The maximum absolute atomic E-state index is 4.33. The zero-order valence-corrected chi connectivity index (χ0v) is 13.7. The Morgan fingerprint density at radius 2 is 1.86 bits per heavy atom. The first-order valence-electron chi connectivity index (χ1n) is 8.05. The molecule has 22 heavy (non-hydrogen) atoms. The van der Waals surface area contributed by atoms with E-state index in [1.165, 1.54) is 11.3 Å². The van der Waals surface area contributed by atoms with Gasteiger partial charge in [-0.25, -0.2) is 4.98 Å². The van der Waals surface area contributed by atoms with Gasteiger partial charge >= 0.3 is 0 Å². The highest BCUT2D eigenvalue weighted by molar-refractivity contribution is 5.47. The third-order valence-electron chi connectivity index (χ3n) is 4.51. The average Bonchev–Trinajstić information content (AvgIpc) is 2.95. The molecule has 1 N–H and O–H groups in total. The van der Waals surface area contributed by atoms with Crippen LogP contribution in [-0.2, 0) is 7.05 Å². The molecule has 1 saturated heterocycles. The molecule has 0 amide bonds. The van der Waals surface area contributed by atoms with Crippen LogP contribution in [0.15, 0.2) is 30.6 Å². The van der Waals surface area contributed by atoms with E-state index in [9.17, 15) is 0 Å². The molecule has 5 nitrogen and oxygen atoms in total. The van der Waals surface area contributed by atoms with Gasteiger partial charge in [-0.15, -0.1) is 0 Å². The fourth-order valence-electron chi connectivity index (χ4n) is 3.19. The molecule has 2 heterocycles. The first kappa shape index (κ1) is 15.0. The minimum absolute atomic E-state index is 0.239. The Labute approximate surface area is 132 Å². The summed E-state index contributed by atoms with van der Waals surface area (Å²) in [6.07, 6.45) is 3.94. The zero-order valence-electron chi connectivity index (χ0n) is 13.7. The van der Waals surface area contributed by atoms with Crippen molar-refractivity contribution >= 4 is 5.69 Å². The fraction of sp³-hybridized carbons (Fsp3) is 0.529. The van der Waals surface area contributed by atoms with Gasteiger partial charge in [-0.05, 0) is 38.8 Å². The van der Waals surface area contributed by atoms with Crippen molar-refractivity contribution in [2.45, 2.75) is 38.8 Å². The summed E-state index contributed by atoms with van der Waals surface area (Å²) >= 11 is 0. The van der Waals surface area contributed by atoms with Crippen LogP contribution in [0.4, 0.5) is 5.69 Å². The van der Waals surface area contributed by atoms with Crippen molar-refractivity contribution in [3.8, 4) is 0 Å². The number of nitrogens with zero attached hydrogens (tertiary/aromatic N) is 4. The summed E-state index contributed by atoms with van der Waals surface area (Å²) in [7, 11) is 1.94. The molecule has 1 aromatic carbocycles. The summed E-state index contributed by atoms with van der Waals surface area (Å²) in [6, 6.07) is 9.62. The van der Waals surface area contributed by atoms with Crippen LogP contribution >= 0.6 is 0 Å². The van der Waals surface area contributed by atoms with Crippen molar-refractivity contribution in [2.24, 2.45) is 7.05 Å². The molecule has 0 bridgehead atoms. The Bertz CT molecular complexity index is 596. The van der Waals surface area contributed by atoms with E-state index in [0.717, 1.165) is 31.8 Å². The summed E-state index contributed by atoms with van der Waals surface area (Å²) in [4.78, 5) is 6.81. The van der Waals surface area contributed by atoms with Gasteiger partial charge in [-0.2, -0.15) is 5.10 Å². The molecule has 0 aliphatic carbocycles. The SMILES string of the molecule is Cc1ccc(N2CCC(NC(C)c3ncnn3C)CC2)cc1. The Hall–Kier alpha value is -1.88. The second-order valence-corrected chi connectivity index (χ2v) is 6.23. The predicted molar refractivity (Wildman–Crippen MR) is 89.0 cm³/mol. The number of hydrogen-bond acceptors (Lipinski definition) is 4. The number of hydrogen-bond donors (Lipinski definition) is 1. The molecule has 0 spiro atoms. The molecule has 1 atom stereocenters. The molecular weight excluding hydrogens is 274 g/mol. The normalized spacial score (nSPS) is 17.7. The summed E-state index contributed by atoms with van der Waals surface area (Å²) in [5.74, 6) is 1.00. The van der Waals surface area contributed by atoms with Crippen molar-refractivity contribution in [3.05, 3.63) is 42.0 Å². The van der Waals surface area contributed by atoms with Crippen LogP contribution in [0.3, 0.4) is 0 Å². The second kappa shape index (κ2) is 6.48. The van der Waals surface area contributed by atoms with Crippen molar-refractivity contribution < 1.29 is 0 Å². The molecule has 1 aromatic heterocycles. The first-order chi connectivity index (χ1) is 10.6. The maximum atomic E-state index is 4.33. The summed E-state index contributed by atoms with van der Waals surface area (Å²) in [6.45, 7) is 6.50. The largest absolute Gasteiger partial charge is 0.371 e. The van der Waals surface area contributed by atoms with E-state index >= 15 is 0 Å². The fourth-order valence-corrected chi connectivity index (χ4v) is 3.19. The lowest BCUT2D eigenvalue weighted by Gasteiger charge is -2.35. The minimum atomic E-state index is 0.239. The van der Waals surface area contributed by atoms with Crippen LogP contribution < -0.4 is 10.2 Å². The molecule has 1 aliphatic rings. The van der Waals surface area contributed by atoms with Gasteiger partial charge in [0.1, 0.15) is 12.2 Å². The Morgan fingerprint density at radius 1 is 1.18 bits per heavy atom. The van der Waals surface area contributed by atoms with E-state index in [4.69, 9.17) is 0 Å². The summed E-state index contributed by atoms with van der Waals surface area (Å²) in [5, 5.41) is 7.84. The van der Waals surface area contributed by atoms with Gasteiger partial charge in [0.05, 0.1) is 6.04 Å². The van der Waals surface area contributed by atoms with Gasteiger partial charge in [-0.1, -0.05) is 17.7 Å². The highest BCUT2D eigenvalue weighted by atomic mass is 15.3. The molecule has 5 heteroatoms. The number of benzene rings is 1. The second-order valence-electron chi connectivity index (χ2n) is 6.23. The van der Waals surface area contributed by atoms with E-state index in [0.29, 0.717) is 6.04 Å². The lowest BCUT2D eigenvalue weighted by Crippen LogP contribution is -2.43. The Morgan fingerprint density at radius 3 is 2.45 bits per heavy atom. The highest BCUT2D eigenvalue weighted by Gasteiger charge is 2.22. The molecule has 0 radical (unpaired) electrons. The van der Waals surface area contributed by atoms with E-state index in [2.05, 4.69) is 58.4 Å². The van der Waals surface area contributed by atoms with Gasteiger partial charge in [0, 0.05) is 31.9 Å². The molecule has 3 rings (SSSR count). The van der Waals surface area contributed by atoms with Gasteiger partial charge < -0.3 is 10.2 Å². The van der Waals surface area contributed by atoms with E-state index < -0.39 is 0 Å². The highest BCUT2D eigenvalue weighted by Crippen LogP contribution is 2.21. The van der Waals surface area contributed by atoms with E-state index in [-0.39, 0.29) is 6.04 Å². The van der Waals surface area contributed by atoms with Crippen LogP contribution in [0.2, 0.25) is 0 Å². The van der Waals surface area contributed by atoms with Crippen molar-refractivity contribution in [1.82, 2.24) is 20.1 Å². The Kier molecular flexibility index (Phi) is 4.43. The average molecular weight is 299 g/mol. The van der Waals surface area contributed by atoms with Crippen molar-refractivity contribution in [3.63, 3.8) is 0 Å². The summed E-state index contributed by atoms with van der Waals surface area (Å²) in [5.41, 5.74) is 2.66. The number of aryl methyl sites for hydroxylation is 2. The van der Waals surface area contributed by atoms with Crippen LogP contribution in [0.25, 0.3) is 0 Å². The third-order valence-corrected chi connectivity index (χ3v) is 4.51. The monoisotopic (exact) mass is 299 g/mol. The van der Waals surface area contributed by atoms with Crippen LogP contribution in [0.5, 0.6) is 0 Å². The van der Waals surface area contributed by atoms with Crippen LogP contribution in [-0.4, -0.2) is 33.9 Å². The molecular formula is C17H25N5. The van der Waals surface area contributed by atoms with Crippen LogP contribution in [0, 0.1) is 6.92 Å². The molecule has 118 valence electrons. The number of anilines is 1. The molecule has 1 aliphatic heterocycles. The van der Waals surface area contributed by atoms with Crippen molar-refractivity contribution in [1.29, 1.82) is 0 Å². The summed E-state index contributed by atoms with van der Waals surface area (Å²) < 4.78 is 1.85. The Balaban J connectivity index is 1.53. The molecule has 1 unspecified atom stereocenters. The van der Waals surface area contributed by atoms with Crippen molar-refractivity contribution in [2.75, 3.05) is 18.0 Å². The predicted octanol–water partition coefficient (Wildman–Crippen LogP) is 2.44.